The minimum Gasteiger partial charge on any atom is -0.374 e. The van der Waals surface area contributed by atoms with Crippen LogP contribution in [0.3, 0.4) is 0 Å². The number of nitrogens with zero attached hydrogens (tertiary/aromatic N) is 3. The summed E-state index contributed by atoms with van der Waals surface area (Å²) < 4.78 is 13.8. The summed E-state index contributed by atoms with van der Waals surface area (Å²) in [5.74, 6) is -0.805. The van der Waals surface area contributed by atoms with Gasteiger partial charge in [-0.2, -0.15) is 14.9 Å². The topological polar surface area (TPSA) is 50.8 Å². The maximum Gasteiger partial charge on any atom is 0.204 e. The van der Waals surface area contributed by atoms with E-state index >= 15 is 0 Å². The van der Waals surface area contributed by atoms with E-state index in [2.05, 4.69) is 24.8 Å². The third-order valence-corrected chi connectivity index (χ3v) is 3.85. The highest BCUT2D eigenvalue weighted by atomic mass is 19.1. The van der Waals surface area contributed by atoms with Crippen molar-refractivity contribution in [2.24, 2.45) is 5.41 Å². The van der Waals surface area contributed by atoms with Gasteiger partial charge in [-0.15, -0.1) is 0 Å². The second-order valence-electron chi connectivity index (χ2n) is 6.05. The number of rotatable bonds is 1. The molecule has 1 aliphatic carbocycles. The Labute approximate surface area is 113 Å². The van der Waals surface area contributed by atoms with Gasteiger partial charge in [0.05, 0.1) is 5.57 Å². The predicted octanol–water partition coefficient (Wildman–Crippen LogP) is 3.43. The Bertz CT molecular complexity index is 523. The van der Waals surface area contributed by atoms with E-state index in [0.29, 0.717) is 17.6 Å². The van der Waals surface area contributed by atoms with Crippen molar-refractivity contribution in [2.45, 2.75) is 39.5 Å². The van der Waals surface area contributed by atoms with Crippen LogP contribution in [0.2, 0.25) is 0 Å². The molecular formula is C15H18FN3. The Hall–Kier alpha value is -1.81. The van der Waals surface area contributed by atoms with Gasteiger partial charge in [-0.25, -0.2) is 0 Å². The molecule has 1 aliphatic heterocycles. The van der Waals surface area contributed by atoms with E-state index in [0.717, 1.165) is 38.0 Å². The second kappa shape index (κ2) is 5.05. The normalized spacial score (nSPS) is 25.0. The molecule has 0 bridgehead atoms. The average molecular weight is 259 g/mol. The van der Waals surface area contributed by atoms with Crippen molar-refractivity contribution in [2.75, 3.05) is 13.1 Å². The molecule has 2 aliphatic rings. The van der Waals surface area contributed by atoms with Crippen LogP contribution in [0.25, 0.3) is 0 Å². The summed E-state index contributed by atoms with van der Waals surface area (Å²) in [6.07, 6.45) is 3.45. The zero-order chi connectivity index (χ0) is 14.0. The third kappa shape index (κ3) is 2.63. The Morgan fingerprint density at radius 2 is 1.84 bits per heavy atom. The van der Waals surface area contributed by atoms with Gasteiger partial charge in [0.25, 0.3) is 0 Å². The largest absolute Gasteiger partial charge is 0.374 e. The molecule has 0 amide bonds. The first kappa shape index (κ1) is 13.6. The van der Waals surface area contributed by atoms with E-state index in [9.17, 15) is 9.65 Å². The molecule has 1 heterocycles. The molecule has 0 spiro atoms. The van der Waals surface area contributed by atoms with E-state index in [1.165, 1.54) is 0 Å². The van der Waals surface area contributed by atoms with Crippen molar-refractivity contribution < 1.29 is 4.39 Å². The van der Waals surface area contributed by atoms with Crippen molar-refractivity contribution in [3.05, 3.63) is 22.7 Å². The molecule has 19 heavy (non-hydrogen) atoms. The maximum absolute atomic E-state index is 13.8. The first-order valence-electron chi connectivity index (χ1n) is 6.66. The van der Waals surface area contributed by atoms with Crippen LogP contribution >= 0.6 is 0 Å². The van der Waals surface area contributed by atoms with Crippen LogP contribution in [-0.2, 0) is 0 Å². The van der Waals surface area contributed by atoms with Gasteiger partial charge in [-0.1, -0.05) is 13.8 Å². The SMILES string of the molecule is CC1(C)CC(N2CCCC2)=C(C#N)/C(=C(\F)C#N)C1. The van der Waals surface area contributed by atoms with Gasteiger partial charge >= 0.3 is 0 Å². The molecule has 4 heteroatoms. The number of likely N-dealkylation sites (tertiary alicyclic amines) is 1. The zero-order valence-electron chi connectivity index (χ0n) is 11.5. The summed E-state index contributed by atoms with van der Waals surface area (Å²) in [4.78, 5) is 2.18. The van der Waals surface area contributed by atoms with E-state index in [4.69, 9.17) is 5.26 Å². The average Bonchev–Trinajstić information content (AvgIpc) is 2.89. The molecule has 3 nitrogen and oxygen atoms in total. The fraction of sp³-hybridized carbons (Fsp3) is 0.600. The van der Waals surface area contributed by atoms with Crippen LogP contribution in [0.1, 0.15) is 39.5 Å². The summed E-state index contributed by atoms with van der Waals surface area (Å²) in [6, 6.07) is 3.68. The lowest BCUT2D eigenvalue weighted by Crippen LogP contribution is -2.30. The van der Waals surface area contributed by atoms with Crippen molar-refractivity contribution in [1.82, 2.24) is 4.90 Å². The summed E-state index contributed by atoms with van der Waals surface area (Å²) >= 11 is 0. The molecule has 0 N–H and O–H groups in total. The Balaban J connectivity index is 2.54. The minimum absolute atomic E-state index is 0.109. The molecule has 0 radical (unpaired) electrons. The van der Waals surface area contributed by atoms with E-state index in [-0.39, 0.29) is 5.41 Å². The van der Waals surface area contributed by atoms with Crippen LogP contribution in [0.4, 0.5) is 4.39 Å². The number of hydrogen-bond donors (Lipinski definition) is 0. The highest BCUT2D eigenvalue weighted by Gasteiger charge is 2.35. The van der Waals surface area contributed by atoms with E-state index < -0.39 is 5.83 Å². The van der Waals surface area contributed by atoms with Crippen LogP contribution in [0.15, 0.2) is 22.7 Å². The Morgan fingerprint density at radius 1 is 1.21 bits per heavy atom. The molecule has 2 rings (SSSR count). The first-order valence-corrected chi connectivity index (χ1v) is 6.66. The van der Waals surface area contributed by atoms with Gasteiger partial charge < -0.3 is 4.90 Å². The van der Waals surface area contributed by atoms with Crippen molar-refractivity contribution in [3.8, 4) is 12.1 Å². The Kier molecular flexibility index (Phi) is 3.62. The molecule has 100 valence electrons. The van der Waals surface area contributed by atoms with Crippen molar-refractivity contribution >= 4 is 0 Å². The summed E-state index contributed by atoms with van der Waals surface area (Å²) in [6.45, 7) is 5.97. The first-order chi connectivity index (χ1) is 8.98. The van der Waals surface area contributed by atoms with Crippen LogP contribution < -0.4 is 0 Å². The van der Waals surface area contributed by atoms with E-state index in [1.807, 2.05) is 0 Å². The van der Waals surface area contributed by atoms with Gasteiger partial charge in [0.1, 0.15) is 12.1 Å². The quantitative estimate of drug-likeness (QED) is 0.678. The predicted molar refractivity (Wildman–Crippen MR) is 70.2 cm³/mol. The molecule has 0 saturated carbocycles. The van der Waals surface area contributed by atoms with Gasteiger partial charge in [0, 0.05) is 24.4 Å². The molecular weight excluding hydrogens is 241 g/mol. The number of halogens is 1. The summed E-state index contributed by atoms with van der Waals surface area (Å²) in [7, 11) is 0. The number of hydrogen-bond acceptors (Lipinski definition) is 3. The molecule has 0 atom stereocenters. The van der Waals surface area contributed by atoms with Gasteiger partial charge in [-0.3, -0.25) is 0 Å². The fourth-order valence-corrected chi connectivity index (χ4v) is 2.99. The molecule has 0 aromatic heterocycles. The highest BCUT2D eigenvalue weighted by molar-refractivity contribution is 5.51. The van der Waals surface area contributed by atoms with Crippen LogP contribution in [0.5, 0.6) is 0 Å². The highest BCUT2D eigenvalue weighted by Crippen LogP contribution is 2.44. The summed E-state index contributed by atoms with van der Waals surface area (Å²) in [5, 5.41) is 18.2. The zero-order valence-corrected chi connectivity index (χ0v) is 11.5. The number of nitriles is 2. The minimum atomic E-state index is -0.805. The lowest BCUT2D eigenvalue weighted by atomic mass is 9.73. The summed E-state index contributed by atoms with van der Waals surface area (Å²) in [5.41, 5.74) is 1.50. The lowest BCUT2D eigenvalue weighted by molar-refractivity contribution is 0.285. The van der Waals surface area contributed by atoms with Crippen LogP contribution in [0, 0.1) is 28.1 Å². The van der Waals surface area contributed by atoms with Crippen molar-refractivity contribution in [3.63, 3.8) is 0 Å². The standard InChI is InChI=1S/C15H18FN3/c1-15(2)7-11(13(16)10-18)12(9-17)14(8-15)19-5-3-4-6-19/h3-8H2,1-2H3/b13-11-. The smallest absolute Gasteiger partial charge is 0.204 e. The Morgan fingerprint density at radius 3 is 2.37 bits per heavy atom. The van der Waals surface area contributed by atoms with Gasteiger partial charge in [0.2, 0.25) is 5.83 Å². The molecule has 0 unspecified atom stereocenters. The van der Waals surface area contributed by atoms with E-state index in [1.54, 1.807) is 6.07 Å². The van der Waals surface area contributed by atoms with Gasteiger partial charge in [-0.05, 0) is 31.1 Å². The lowest BCUT2D eigenvalue weighted by Gasteiger charge is -2.36. The van der Waals surface area contributed by atoms with Crippen LogP contribution in [-0.4, -0.2) is 18.0 Å². The monoisotopic (exact) mass is 259 g/mol. The molecule has 1 fully saturated rings. The van der Waals surface area contributed by atoms with Gasteiger partial charge in [0.15, 0.2) is 0 Å². The second-order valence-corrected chi connectivity index (χ2v) is 6.05. The molecule has 0 aromatic carbocycles. The number of allylic oxidation sites excluding steroid dienone is 4. The van der Waals surface area contributed by atoms with Crippen molar-refractivity contribution in [1.29, 1.82) is 10.5 Å². The third-order valence-electron chi connectivity index (χ3n) is 3.85. The molecule has 1 saturated heterocycles. The fourth-order valence-electron chi connectivity index (χ4n) is 2.99. The molecule has 0 aromatic rings. The maximum atomic E-state index is 13.8.